The number of aromatic nitrogens is 2. The van der Waals surface area contributed by atoms with Gasteiger partial charge in [0.1, 0.15) is 4.83 Å². The Morgan fingerprint density at radius 2 is 2.09 bits per heavy atom. The SMILES string of the molecule is CC[C@@H](C(=O)[O-])n1cnc2scc(-c3ccc(Br)cc3)c2c1=O. The fourth-order valence-corrected chi connectivity index (χ4v) is 3.66. The number of thiophene rings is 1. The number of aliphatic carboxylic acids is 1. The van der Waals surface area contributed by atoms with Gasteiger partial charge in [0.05, 0.1) is 23.7 Å². The standard InChI is InChI=1S/C16H13BrN2O3S/c1-2-12(16(21)22)19-8-18-14-13(15(19)20)11(7-23-14)9-3-5-10(17)6-4-9/h3-8,12H,2H2,1H3,(H,21,22)/p-1/t12-/m0/s1. The molecule has 118 valence electrons. The Hall–Kier alpha value is -1.99. The summed E-state index contributed by atoms with van der Waals surface area (Å²) in [5.41, 5.74) is 1.29. The van der Waals surface area contributed by atoms with Gasteiger partial charge in [0.15, 0.2) is 0 Å². The van der Waals surface area contributed by atoms with Crippen molar-refractivity contribution in [3.8, 4) is 11.1 Å². The summed E-state index contributed by atoms with van der Waals surface area (Å²) in [5, 5.41) is 13.6. The van der Waals surface area contributed by atoms with Gasteiger partial charge in [-0.3, -0.25) is 9.36 Å². The van der Waals surface area contributed by atoms with Crippen LogP contribution in [0.4, 0.5) is 0 Å². The maximum atomic E-state index is 12.8. The average Bonchev–Trinajstić information content (AvgIpc) is 2.95. The molecule has 0 N–H and O–H groups in total. The Labute approximate surface area is 144 Å². The van der Waals surface area contributed by atoms with Crippen LogP contribution in [0.3, 0.4) is 0 Å². The molecule has 0 saturated heterocycles. The monoisotopic (exact) mass is 391 g/mol. The molecule has 0 aliphatic carbocycles. The number of benzene rings is 1. The summed E-state index contributed by atoms with van der Waals surface area (Å²) in [6, 6.07) is 6.57. The zero-order valence-corrected chi connectivity index (χ0v) is 14.6. The molecular weight excluding hydrogens is 380 g/mol. The third-order valence-electron chi connectivity index (χ3n) is 3.67. The summed E-state index contributed by atoms with van der Waals surface area (Å²) in [4.78, 5) is 28.9. The molecule has 7 heteroatoms. The van der Waals surface area contributed by atoms with Crippen LogP contribution in [-0.2, 0) is 4.79 Å². The van der Waals surface area contributed by atoms with Gasteiger partial charge in [-0.25, -0.2) is 4.98 Å². The molecular formula is C16H12BrN2O3S-. The lowest BCUT2D eigenvalue weighted by molar-refractivity contribution is -0.310. The highest BCUT2D eigenvalue weighted by Crippen LogP contribution is 2.31. The average molecular weight is 392 g/mol. The number of rotatable bonds is 4. The van der Waals surface area contributed by atoms with Gasteiger partial charge >= 0.3 is 0 Å². The van der Waals surface area contributed by atoms with E-state index in [1.54, 1.807) is 6.92 Å². The number of carbonyl (C=O) groups excluding carboxylic acids is 1. The van der Waals surface area contributed by atoms with E-state index in [1.165, 1.54) is 17.7 Å². The normalized spacial score (nSPS) is 12.4. The predicted octanol–water partition coefficient (Wildman–Crippen LogP) is 2.59. The molecule has 5 nitrogen and oxygen atoms in total. The van der Waals surface area contributed by atoms with E-state index >= 15 is 0 Å². The van der Waals surface area contributed by atoms with Crippen LogP contribution in [0, 0.1) is 0 Å². The lowest BCUT2D eigenvalue weighted by atomic mass is 10.1. The van der Waals surface area contributed by atoms with E-state index in [1.807, 2.05) is 29.6 Å². The molecule has 0 amide bonds. The lowest BCUT2D eigenvalue weighted by Crippen LogP contribution is -2.37. The summed E-state index contributed by atoms with van der Waals surface area (Å²) in [7, 11) is 0. The molecule has 0 aliphatic rings. The fraction of sp³-hybridized carbons (Fsp3) is 0.188. The summed E-state index contributed by atoms with van der Waals surface area (Å²) < 4.78 is 2.09. The number of halogens is 1. The maximum absolute atomic E-state index is 12.8. The highest BCUT2D eigenvalue weighted by molar-refractivity contribution is 9.10. The van der Waals surface area contributed by atoms with Crippen molar-refractivity contribution < 1.29 is 9.90 Å². The first-order valence-electron chi connectivity index (χ1n) is 6.98. The number of hydrogen-bond acceptors (Lipinski definition) is 5. The summed E-state index contributed by atoms with van der Waals surface area (Å²) >= 11 is 4.75. The third-order valence-corrected chi connectivity index (χ3v) is 5.08. The van der Waals surface area contributed by atoms with Gasteiger partial charge in [0.2, 0.25) is 0 Å². The third kappa shape index (κ3) is 2.82. The Kier molecular flexibility index (Phi) is 4.32. The largest absolute Gasteiger partial charge is 0.548 e. The number of hydrogen-bond donors (Lipinski definition) is 0. The summed E-state index contributed by atoms with van der Waals surface area (Å²) in [5.74, 6) is -1.28. The smallest absolute Gasteiger partial charge is 0.263 e. The topological polar surface area (TPSA) is 75.0 Å². The van der Waals surface area contributed by atoms with Gasteiger partial charge in [-0.1, -0.05) is 35.0 Å². The first kappa shape index (κ1) is 15.9. The predicted molar refractivity (Wildman–Crippen MR) is 91.4 cm³/mol. The van der Waals surface area contributed by atoms with Crippen LogP contribution in [0.2, 0.25) is 0 Å². The quantitative estimate of drug-likeness (QED) is 0.684. The Balaban J connectivity index is 2.24. The van der Waals surface area contributed by atoms with E-state index in [0.29, 0.717) is 10.2 Å². The van der Waals surface area contributed by atoms with Gasteiger partial charge in [0, 0.05) is 15.4 Å². The molecule has 3 aromatic rings. The number of carboxylic acids is 1. The van der Waals surface area contributed by atoms with Gasteiger partial charge < -0.3 is 9.90 Å². The molecule has 0 fully saturated rings. The first-order chi connectivity index (χ1) is 11.0. The van der Waals surface area contributed by atoms with Crippen molar-refractivity contribution in [3.05, 3.63) is 50.8 Å². The molecule has 3 rings (SSSR count). The van der Waals surface area contributed by atoms with Gasteiger partial charge in [-0.15, -0.1) is 11.3 Å². The molecule has 1 aromatic carbocycles. The summed E-state index contributed by atoms with van der Waals surface area (Å²) in [6.07, 6.45) is 1.55. The van der Waals surface area contributed by atoms with E-state index in [2.05, 4.69) is 20.9 Å². The second-order valence-electron chi connectivity index (χ2n) is 5.04. The molecule has 0 radical (unpaired) electrons. The van der Waals surface area contributed by atoms with E-state index in [4.69, 9.17) is 0 Å². The first-order valence-corrected chi connectivity index (χ1v) is 8.65. The van der Waals surface area contributed by atoms with Crippen LogP contribution >= 0.6 is 27.3 Å². The van der Waals surface area contributed by atoms with Crippen molar-refractivity contribution >= 4 is 43.5 Å². The molecule has 2 heterocycles. The van der Waals surface area contributed by atoms with E-state index in [-0.39, 0.29) is 12.0 Å². The molecule has 0 bridgehead atoms. The zero-order valence-electron chi connectivity index (χ0n) is 12.2. The second kappa shape index (κ2) is 6.25. The lowest BCUT2D eigenvalue weighted by Gasteiger charge is -2.18. The minimum atomic E-state index is -1.28. The van der Waals surface area contributed by atoms with Crippen LogP contribution in [-0.4, -0.2) is 15.5 Å². The van der Waals surface area contributed by atoms with E-state index < -0.39 is 12.0 Å². The van der Waals surface area contributed by atoms with Crippen molar-refractivity contribution in [3.63, 3.8) is 0 Å². The maximum Gasteiger partial charge on any atom is 0.263 e. The molecule has 0 spiro atoms. The summed E-state index contributed by atoms with van der Waals surface area (Å²) in [6.45, 7) is 1.69. The molecule has 2 aromatic heterocycles. The Bertz CT molecular complexity index is 931. The van der Waals surface area contributed by atoms with Crippen molar-refractivity contribution in [1.82, 2.24) is 9.55 Å². The molecule has 23 heavy (non-hydrogen) atoms. The number of carboxylic acid groups (broad SMARTS) is 1. The number of carbonyl (C=O) groups is 1. The molecule has 0 aliphatic heterocycles. The number of fused-ring (bicyclic) bond motifs is 1. The minimum absolute atomic E-state index is 0.257. The van der Waals surface area contributed by atoms with Crippen LogP contribution in [0.15, 0.2) is 45.2 Å². The van der Waals surface area contributed by atoms with Crippen molar-refractivity contribution in [2.45, 2.75) is 19.4 Å². The van der Waals surface area contributed by atoms with Crippen LogP contribution in [0.1, 0.15) is 19.4 Å². The zero-order chi connectivity index (χ0) is 16.6. The molecule has 0 saturated carbocycles. The molecule has 0 unspecified atom stereocenters. The van der Waals surface area contributed by atoms with E-state index in [0.717, 1.165) is 20.2 Å². The number of nitrogens with zero attached hydrogens (tertiary/aromatic N) is 2. The minimum Gasteiger partial charge on any atom is -0.548 e. The van der Waals surface area contributed by atoms with Gasteiger partial charge in [0.25, 0.3) is 5.56 Å². The fourth-order valence-electron chi connectivity index (χ4n) is 2.49. The van der Waals surface area contributed by atoms with E-state index in [9.17, 15) is 14.7 Å². The van der Waals surface area contributed by atoms with Crippen molar-refractivity contribution in [2.75, 3.05) is 0 Å². The van der Waals surface area contributed by atoms with Crippen LogP contribution < -0.4 is 10.7 Å². The highest BCUT2D eigenvalue weighted by atomic mass is 79.9. The van der Waals surface area contributed by atoms with Gasteiger partial charge in [-0.05, 0) is 24.1 Å². The Morgan fingerprint density at radius 3 is 2.70 bits per heavy atom. The highest BCUT2D eigenvalue weighted by Gasteiger charge is 2.17. The Morgan fingerprint density at radius 1 is 1.39 bits per heavy atom. The van der Waals surface area contributed by atoms with Crippen LogP contribution in [0.25, 0.3) is 21.3 Å². The van der Waals surface area contributed by atoms with Crippen molar-refractivity contribution in [1.29, 1.82) is 0 Å². The van der Waals surface area contributed by atoms with Crippen molar-refractivity contribution in [2.24, 2.45) is 0 Å². The second-order valence-corrected chi connectivity index (χ2v) is 6.81. The van der Waals surface area contributed by atoms with Crippen LogP contribution in [0.5, 0.6) is 0 Å². The molecule has 1 atom stereocenters. The van der Waals surface area contributed by atoms with Gasteiger partial charge in [-0.2, -0.15) is 0 Å².